The third-order valence-electron chi connectivity index (χ3n) is 10.1. The van der Waals surface area contributed by atoms with Crippen LogP contribution >= 0.6 is 0 Å². The van der Waals surface area contributed by atoms with E-state index in [0.717, 1.165) is 11.1 Å². The predicted octanol–water partition coefficient (Wildman–Crippen LogP) is 2.98. The molecule has 8 atom stereocenters. The van der Waals surface area contributed by atoms with Gasteiger partial charge in [0.15, 0.2) is 5.72 Å². The van der Waals surface area contributed by atoms with Crippen molar-refractivity contribution < 1.29 is 48.7 Å². The van der Waals surface area contributed by atoms with Crippen LogP contribution in [0.2, 0.25) is 0 Å². The Morgan fingerprint density at radius 3 is 2.47 bits per heavy atom. The summed E-state index contributed by atoms with van der Waals surface area (Å²) in [5.74, 6) is -3.03. The Kier molecular flexibility index (Phi) is 13.2. The van der Waals surface area contributed by atoms with Gasteiger partial charge in [0.2, 0.25) is 11.8 Å². The summed E-state index contributed by atoms with van der Waals surface area (Å²) >= 11 is 0. The van der Waals surface area contributed by atoms with E-state index in [1.807, 2.05) is 25.1 Å². The zero-order valence-corrected chi connectivity index (χ0v) is 30.1. The van der Waals surface area contributed by atoms with Crippen LogP contribution in [-0.4, -0.2) is 101 Å². The van der Waals surface area contributed by atoms with Crippen LogP contribution in [0.15, 0.2) is 42.0 Å². The van der Waals surface area contributed by atoms with Crippen LogP contribution in [-0.2, 0) is 41.6 Å². The first kappa shape index (κ1) is 39.7. The van der Waals surface area contributed by atoms with Gasteiger partial charge in [0.1, 0.15) is 30.0 Å². The Labute approximate surface area is 288 Å². The Bertz CT molecular complexity index is 1440. The summed E-state index contributed by atoms with van der Waals surface area (Å²) in [5.41, 5.74) is -0.922. The zero-order valence-electron chi connectivity index (χ0n) is 30.1. The number of benzene rings is 1. The van der Waals surface area contributed by atoms with Gasteiger partial charge < -0.3 is 39.3 Å². The highest BCUT2D eigenvalue weighted by Gasteiger charge is 2.51. The normalized spacial score (nSPS) is 32.2. The molecule has 0 spiro atoms. The van der Waals surface area contributed by atoms with Gasteiger partial charge in [-0.25, -0.2) is 9.59 Å². The molecule has 13 heteroatoms. The quantitative estimate of drug-likeness (QED) is 0.326. The topological polar surface area (TPSA) is 175 Å². The smallest absolute Gasteiger partial charge is 0.409 e. The zero-order chi connectivity index (χ0) is 36.8. The Morgan fingerprint density at radius 1 is 1.20 bits per heavy atom. The van der Waals surface area contributed by atoms with Crippen LogP contribution in [0.4, 0.5) is 10.5 Å². The standard InChI is InChI=1S/C36H53N3O10/c1-10-28(38(7)24(5)41)33(43)49-31-18-32(42)39(8)27-16-25(15-26(17-27)20-40)14-21(2)12-11-13-30(47-9)36(46)19-29(48-34(44)37-36)22(3)23(4)35(31,6)45/h11-13,15-17,22-23,28-31,40,45-46H,10,14,18-20H2,1-9H3,(H,37,44)/b13-11+,21-12+/t22-,23?,28?,29?,30+,31-,35?,36-/m0/s1. The van der Waals surface area contributed by atoms with Gasteiger partial charge in [0, 0.05) is 40.2 Å². The first-order valence-corrected chi connectivity index (χ1v) is 16.6. The molecule has 2 aliphatic heterocycles. The fourth-order valence-corrected chi connectivity index (χ4v) is 6.48. The second-order valence-electron chi connectivity index (χ2n) is 13.6. The van der Waals surface area contributed by atoms with E-state index in [4.69, 9.17) is 14.2 Å². The van der Waals surface area contributed by atoms with Crippen LogP contribution < -0.4 is 10.2 Å². The number of esters is 1. The monoisotopic (exact) mass is 687 g/mol. The van der Waals surface area contributed by atoms with Crippen LogP contribution in [0.3, 0.4) is 0 Å². The third-order valence-corrected chi connectivity index (χ3v) is 10.1. The van der Waals surface area contributed by atoms with Crippen molar-refractivity contribution in [3.8, 4) is 0 Å². The summed E-state index contributed by atoms with van der Waals surface area (Å²) in [6.07, 6.45) is 1.20. The molecule has 2 heterocycles. The Hall–Kier alpha value is -3.78. The highest BCUT2D eigenvalue weighted by molar-refractivity contribution is 5.93. The fourth-order valence-electron chi connectivity index (χ4n) is 6.48. The van der Waals surface area contributed by atoms with E-state index >= 15 is 0 Å². The lowest BCUT2D eigenvalue weighted by Gasteiger charge is -2.46. The van der Waals surface area contributed by atoms with Gasteiger partial charge in [-0.1, -0.05) is 50.6 Å². The number of likely N-dealkylation sites (N-methyl/N-ethyl adjacent to an activating group) is 1. The van der Waals surface area contributed by atoms with Gasteiger partial charge in [-0.05, 0) is 61.8 Å². The van der Waals surface area contributed by atoms with E-state index in [9.17, 15) is 34.5 Å². The number of nitrogens with zero attached hydrogens (tertiary/aromatic N) is 2. The molecule has 1 aromatic rings. The molecule has 4 N–H and O–H groups in total. The summed E-state index contributed by atoms with van der Waals surface area (Å²) in [6, 6.07) is 4.37. The number of amides is 3. The number of fused-ring (bicyclic) bond motifs is 4. The first-order valence-electron chi connectivity index (χ1n) is 16.6. The van der Waals surface area contributed by atoms with Gasteiger partial charge in [0.05, 0.1) is 13.0 Å². The molecule has 1 fully saturated rings. The molecule has 1 saturated heterocycles. The molecule has 49 heavy (non-hydrogen) atoms. The van der Waals surface area contributed by atoms with E-state index in [0.29, 0.717) is 17.7 Å². The van der Waals surface area contributed by atoms with Crippen molar-refractivity contribution in [3.05, 3.63) is 53.1 Å². The number of hydrogen-bond donors (Lipinski definition) is 4. The number of nitrogens with one attached hydrogen (secondary N) is 1. The van der Waals surface area contributed by atoms with Crippen molar-refractivity contribution in [2.75, 3.05) is 26.1 Å². The molecular weight excluding hydrogens is 634 g/mol. The van der Waals surface area contributed by atoms with Gasteiger partial charge in [0.25, 0.3) is 0 Å². The molecule has 0 aromatic heterocycles. The number of allylic oxidation sites excluding steroid dienone is 3. The van der Waals surface area contributed by atoms with E-state index in [1.54, 1.807) is 46.0 Å². The predicted molar refractivity (Wildman–Crippen MR) is 182 cm³/mol. The molecule has 0 aliphatic carbocycles. The number of aliphatic hydroxyl groups excluding tert-OH is 1. The maximum absolute atomic E-state index is 14.0. The van der Waals surface area contributed by atoms with Crippen LogP contribution in [0, 0.1) is 11.8 Å². The van der Waals surface area contributed by atoms with Crippen molar-refractivity contribution in [1.82, 2.24) is 10.2 Å². The van der Waals surface area contributed by atoms with Crippen molar-refractivity contribution in [1.29, 1.82) is 0 Å². The number of anilines is 1. The number of aliphatic hydroxyl groups is 3. The number of carbonyl (C=O) groups is 4. The summed E-state index contributed by atoms with van der Waals surface area (Å²) in [5, 5.41) is 36.4. The average Bonchev–Trinajstić information content (AvgIpc) is 3.04. The number of hydrogen-bond acceptors (Lipinski definition) is 10. The fraction of sp³-hybridized carbons (Fsp3) is 0.611. The molecule has 4 unspecified atom stereocenters. The SMILES string of the molecule is CCC(C(=O)O[C@H]1CC(=O)N(C)c2cc(CO)cc(c2)C/C(C)=C/C=C/[C@@H](OC)[C@@]2(O)CC(OC(=O)N2)[C@@H](C)C(C)C1(C)O)N(C)C(C)=O. The molecule has 1 aromatic carbocycles. The number of carbonyl (C=O) groups excluding carboxylic acids is 4. The van der Waals surface area contributed by atoms with Crippen LogP contribution in [0.5, 0.6) is 0 Å². The molecule has 3 rings (SSSR count). The van der Waals surface area contributed by atoms with E-state index in [1.165, 1.54) is 37.8 Å². The summed E-state index contributed by atoms with van der Waals surface area (Å²) in [6.45, 7) is 9.57. The minimum absolute atomic E-state index is 0.102. The van der Waals surface area contributed by atoms with Gasteiger partial charge in [-0.2, -0.15) is 0 Å². The van der Waals surface area contributed by atoms with E-state index < -0.39 is 71.9 Å². The van der Waals surface area contributed by atoms with Crippen molar-refractivity contribution in [3.63, 3.8) is 0 Å². The van der Waals surface area contributed by atoms with Gasteiger partial charge in [-0.3, -0.25) is 14.9 Å². The molecule has 3 amide bonds. The maximum Gasteiger partial charge on any atom is 0.409 e. The lowest BCUT2D eigenvalue weighted by atomic mass is 9.73. The maximum atomic E-state index is 14.0. The number of rotatable bonds is 6. The number of ether oxygens (including phenoxy) is 3. The minimum atomic E-state index is -1.88. The number of alkyl carbamates (subject to hydrolysis) is 1. The van der Waals surface area contributed by atoms with Crippen LogP contribution in [0.1, 0.15) is 71.9 Å². The second kappa shape index (κ2) is 16.3. The van der Waals surface area contributed by atoms with E-state index in [2.05, 4.69) is 5.32 Å². The third kappa shape index (κ3) is 9.27. The average molecular weight is 688 g/mol. The molecule has 0 radical (unpaired) electrons. The highest BCUT2D eigenvalue weighted by Crippen LogP contribution is 2.38. The molecule has 272 valence electrons. The largest absolute Gasteiger partial charge is 0.457 e. The summed E-state index contributed by atoms with van der Waals surface area (Å²) < 4.78 is 17.2. The van der Waals surface area contributed by atoms with Crippen molar-refractivity contribution in [2.24, 2.45) is 11.8 Å². The van der Waals surface area contributed by atoms with Crippen LogP contribution in [0.25, 0.3) is 0 Å². The lowest BCUT2D eigenvalue weighted by Crippen LogP contribution is -2.64. The Morgan fingerprint density at radius 2 is 1.88 bits per heavy atom. The van der Waals surface area contributed by atoms with Crippen molar-refractivity contribution >= 4 is 29.6 Å². The molecule has 13 nitrogen and oxygen atoms in total. The number of methoxy groups -OCH3 is 1. The van der Waals surface area contributed by atoms with Crippen molar-refractivity contribution in [2.45, 2.75) is 110 Å². The molecule has 2 aliphatic rings. The highest BCUT2D eigenvalue weighted by atomic mass is 16.6. The second-order valence-corrected chi connectivity index (χ2v) is 13.6. The minimum Gasteiger partial charge on any atom is -0.457 e. The summed E-state index contributed by atoms with van der Waals surface area (Å²) in [4.78, 5) is 55.1. The molecule has 4 bridgehead atoms. The molecule has 0 saturated carbocycles. The molecular formula is C36H53N3O10. The first-order chi connectivity index (χ1) is 22.9. The van der Waals surface area contributed by atoms with Gasteiger partial charge >= 0.3 is 12.1 Å². The Balaban J connectivity index is 2.17. The lowest BCUT2D eigenvalue weighted by molar-refractivity contribution is -0.186. The van der Waals surface area contributed by atoms with E-state index in [-0.39, 0.29) is 25.4 Å². The van der Waals surface area contributed by atoms with Gasteiger partial charge in [-0.15, -0.1) is 0 Å². The summed E-state index contributed by atoms with van der Waals surface area (Å²) in [7, 11) is 4.45.